The number of carbonyl (C=O) groups is 4. The minimum Gasteiger partial charge on any atom is -0.393 e. The number of aliphatic hydroxyl groups is 1. The number of β-lactam (4-membered cyclic amide) rings is 1. The van der Waals surface area contributed by atoms with Gasteiger partial charge in [-0.1, -0.05) is 6.92 Å². The van der Waals surface area contributed by atoms with Crippen LogP contribution < -0.4 is 9.86 Å². The van der Waals surface area contributed by atoms with E-state index in [1.807, 2.05) is 0 Å². The van der Waals surface area contributed by atoms with Gasteiger partial charge >= 0.3 is 11.9 Å². The third-order valence-corrected chi connectivity index (χ3v) is 7.77. The van der Waals surface area contributed by atoms with E-state index in [1.54, 1.807) is 16.5 Å². The van der Waals surface area contributed by atoms with Gasteiger partial charge in [-0.15, -0.1) is 0 Å². The van der Waals surface area contributed by atoms with Gasteiger partial charge in [0.1, 0.15) is 5.70 Å². The fraction of sp³-hybridized carbons (Fsp3) is 0.478. The molecule has 3 aliphatic heterocycles. The first-order chi connectivity index (χ1) is 18.2. The maximum Gasteiger partial charge on any atom is 0.362 e. The van der Waals surface area contributed by atoms with Crippen LogP contribution in [0.1, 0.15) is 30.6 Å². The normalized spacial score (nSPS) is 25.6. The lowest BCUT2D eigenvalue weighted by molar-refractivity contribution is -0.384. The van der Waals surface area contributed by atoms with Crippen molar-refractivity contribution < 1.29 is 42.4 Å². The summed E-state index contributed by atoms with van der Waals surface area (Å²) in [5.41, 5.74) is -0.0429. The van der Waals surface area contributed by atoms with E-state index in [9.17, 15) is 42.8 Å². The van der Waals surface area contributed by atoms with Crippen LogP contribution in [0.3, 0.4) is 0 Å². The molecule has 3 aliphatic rings. The Morgan fingerprint density at radius 1 is 1.26 bits per heavy atom. The highest BCUT2D eigenvalue weighted by atomic mass is 32.2. The Kier molecular flexibility index (Phi) is 7.57. The monoisotopic (exact) mass is 565 g/mol. The molecular formula is C23H27N5O10S. The molecule has 2 saturated heterocycles. The van der Waals surface area contributed by atoms with Crippen LogP contribution in [0, 0.1) is 27.9 Å². The van der Waals surface area contributed by atoms with Crippen LogP contribution in [0.15, 0.2) is 35.5 Å². The molecule has 0 bridgehead atoms. The maximum atomic E-state index is 13.2. The van der Waals surface area contributed by atoms with Crippen molar-refractivity contribution in [1.29, 1.82) is 0 Å². The smallest absolute Gasteiger partial charge is 0.362 e. The number of nitro groups is 1. The number of likely N-dealkylation sites (tertiary alicyclic amines) is 1. The standard InChI is InChI=1S/C23H27N5O10S/c1-11-16(10-26-8-7-14(9-26)20(30)25-39(24,36)37)19(27-18(11)17(12(2)29)21(27)31)23(33)38-22(32)13-3-5-15(6-4-13)28(34)35/h3-6,11-12,14,17-18,29H,7-10H2,1-2H3,(H,25,30)(H2,24,36,37)/t11-,12+,14-,17?,18+/m0/s1. The van der Waals surface area contributed by atoms with Gasteiger partial charge < -0.3 is 14.7 Å². The molecule has 4 N–H and O–H groups in total. The zero-order valence-electron chi connectivity index (χ0n) is 21.0. The van der Waals surface area contributed by atoms with Crippen LogP contribution in [0.2, 0.25) is 0 Å². The minimum atomic E-state index is -4.22. The van der Waals surface area contributed by atoms with Crippen LogP contribution in [-0.2, 0) is 29.3 Å². The fourth-order valence-electron chi connectivity index (χ4n) is 5.41. The number of nitrogens with two attached hydrogens (primary N) is 1. The lowest BCUT2D eigenvalue weighted by atomic mass is 9.77. The van der Waals surface area contributed by atoms with E-state index in [0.717, 1.165) is 24.3 Å². The summed E-state index contributed by atoms with van der Waals surface area (Å²) in [7, 11) is -4.22. The lowest BCUT2D eigenvalue weighted by Gasteiger charge is -2.46. The molecule has 2 amide bonds. The molecule has 0 saturated carbocycles. The number of benzene rings is 1. The number of non-ortho nitro benzene ring substituents is 1. The van der Waals surface area contributed by atoms with Gasteiger partial charge in [0.2, 0.25) is 11.8 Å². The number of fused-ring (bicyclic) bond motifs is 1. The molecule has 2 fully saturated rings. The van der Waals surface area contributed by atoms with Gasteiger partial charge in [-0.25, -0.2) is 19.5 Å². The van der Waals surface area contributed by atoms with Crippen molar-refractivity contribution in [2.24, 2.45) is 22.9 Å². The molecule has 0 radical (unpaired) electrons. The zero-order valence-corrected chi connectivity index (χ0v) is 21.8. The number of hydrogen-bond donors (Lipinski definition) is 3. The molecule has 1 aromatic carbocycles. The second kappa shape index (κ2) is 10.4. The number of aliphatic hydroxyl groups excluding tert-OH is 1. The average molecular weight is 566 g/mol. The lowest BCUT2D eigenvalue weighted by Crippen LogP contribution is -2.63. The van der Waals surface area contributed by atoms with Crippen molar-refractivity contribution >= 4 is 39.6 Å². The number of amides is 2. The fourth-order valence-corrected chi connectivity index (χ4v) is 5.85. The molecule has 210 valence electrons. The van der Waals surface area contributed by atoms with Gasteiger partial charge in [0.05, 0.1) is 34.5 Å². The first kappa shape index (κ1) is 28.3. The van der Waals surface area contributed by atoms with E-state index < -0.39 is 68.8 Å². The topological polar surface area (TPSA) is 220 Å². The van der Waals surface area contributed by atoms with E-state index in [-0.39, 0.29) is 30.0 Å². The van der Waals surface area contributed by atoms with Crippen LogP contribution in [0.4, 0.5) is 5.69 Å². The summed E-state index contributed by atoms with van der Waals surface area (Å²) < 4.78 is 29.2. The molecular weight excluding hydrogens is 538 g/mol. The average Bonchev–Trinajstić information content (AvgIpc) is 3.40. The van der Waals surface area contributed by atoms with E-state index in [0.29, 0.717) is 18.5 Å². The van der Waals surface area contributed by atoms with Gasteiger partial charge in [0.15, 0.2) is 0 Å². The van der Waals surface area contributed by atoms with E-state index in [4.69, 9.17) is 9.88 Å². The minimum absolute atomic E-state index is 0.112. The summed E-state index contributed by atoms with van der Waals surface area (Å²) in [5, 5.41) is 25.9. The van der Waals surface area contributed by atoms with Crippen LogP contribution in [0.25, 0.3) is 0 Å². The summed E-state index contributed by atoms with van der Waals surface area (Å²) in [6, 6.07) is 3.90. The molecule has 0 aromatic heterocycles. The Hall–Kier alpha value is -3.73. The van der Waals surface area contributed by atoms with Crippen molar-refractivity contribution in [2.45, 2.75) is 32.4 Å². The molecule has 5 atom stereocenters. The zero-order chi connectivity index (χ0) is 28.8. The predicted octanol–water partition coefficient (Wildman–Crippen LogP) is -0.969. The Labute approximate surface area is 222 Å². The highest BCUT2D eigenvalue weighted by Gasteiger charge is 2.60. The van der Waals surface area contributed by atoms with Crippen LogP contribution in [0.5, 0.6) is 0 Å². The molecule has 1 unspecified atom stereocenters. The maximum absolute atomic E-state index is 13.2. The van der Waals surface area contributed by atoms with Crippen molar-refractivity contribution in [2.75, 3.05) is 19.6 Å². The van der Waals surface area contributed by atoms with Crippen molar-refractivity contribution in [3.8, 4) is 0 Å². The summed E-state index contributed by atoms with van der Waals surface area (Å²) in [6.07, 6.45) is -0.665. The first-order valence-electron chi connectivity index (χ1n) is 12.0. The Bertz CT molecular complexity index is 1370. The third kappa shape index (κ3) is 5.54. The van der Waals surface area contributed by atoms with Crippen molar-refractivity contribution in [3.05, 3.63) is 51.2 Å². The largest absolute Gasteiger partial charge is 0.393 e. The quantitative estimate of drug-likeness (QED) is 0.114. The first-order valence-corrected chi connectivity index (χ1v) is 13.6. The Morgan fingerprint density at radius 3 is 2.46 bits per heavy atom. The van der Waals surface area contributed by atoms with Crippen LogP contribution in [-0.4, -0.2) is 83.8 Å². The number of rotatable bonds is 8. The third-order valence-electron chi connectivity index (χ3n) is 7.29. The number of nitrogens with zero attached hydrogens (tertiary/aromatic N) is 3. The van der Waals surface area contributed by atoms with Gasteiger partial charge in [-0.3, -0.25) is 24.6 Å². The van der Waals surface area contributed by atoms with Crippen LogP contribution >= 0.6 is 0 Å². The van der Waals surface area contributed by atoms with E-state index in [2.05, 4.69) is 0 Å². The summed E-state index contributed by atoms with van der Waals surface area (Å²) in [6.45, 7) is 3.88. The molecule has 16 heteroatoms. The molecule has 3 heterocycles. The van der Waals surface area contributed by atoms with Crippen molar-refractivity contribution in [1.82, 2.24) is 14.5 Å². The number of nitro benzene ring substituents is 1. The second-order valence-corrected chi connectivity index (χ2v) is 11.1. The molecule has 39 heavy (non-hydrogen) atoms. The van der Waals surface area contributed by atoms with E-state index in [1.165, 1.54) is 11.8 Å². The summed E-state index contributed by atoms with van der Waals surface area (Å²) >= 11 is 0. The van der Waals surface area contributed by atoms with Crippen molar-refractivity contribution in [3.63, 3.8) is 0 Å². The number of nitrogens with one attached hydrogen (secondary N) is 1. The molecule has 0 spiro atoms. The van der Waals surface area contributed by atoms with Gasteiger partial charge in [-0.05, 0) is 37.6 Å². The Balaban J connectivity index is 1.56. The number of carbonyl (C=O) groups excluding carboxylic acids is 4. The number of hydrogen-bond acceptors (Lipinski definition) is 11. The number of esters is 2. The number of ether oxygens (including phenoxy) is 1. The van der Waals surface area contributed by atoms with Gasteiger partial charge in [-0.2, -0.15) is 8.42 Å². The molecule has 0 aliphatic carbocycles. The summed E-state index contributed by atoms with van der Waals surface area (Å²) in [5.74, 6) is -5.27. The van der Waals surface area contributed by atoms with Gasteiger partial charge in [0, 0.05) is 31.1 Å². The second-order valence-electron chi connectivity index (χ2n) is 9.84. The van der Waals surface area contributed by atoms with Gasteiger partial charge in [0.25, 0.3) is 15.9 Å². The predicted molar refractivity (Wildman–Crippen MR) is 131 cm³/mol. The molecule has 15 nitrogen and oxygen atoms in total. The summed E-state index contributed by atoms with van der Waals surface area (Å²) in [4.78, 5) is 64.2. The highest BCUT2D eigenvalue weighted by Crippen LogP contribution is 2.47. The molecule has 1 aromatic rings. The highest BCUT2D eigenvalue weighted by molar-refractivity contribution is 7.87. The van der Waals surface area contributed by atoms with E-state index >= 15 is 0 Å². The molecule has 4 rings (SSSR count). The Morgan fingerprint density at radius 2 is 1.90 bits per heavy atom. The SMILES string of the molecule is C[C@@H](O)C1C(=O)N2C(C(=O)OC(=O)c3ccc([N+](=O)[O-])cc3)=C(CN3CC[C@H](C(=O)NS(N)(=O)=O)C3)[C@H](C)[C@H]12.